The zero-order valence-corrected chi connectivity index (χ0v) is 12.7. The fraction of sp³-hybridized carbons (Fsp3) is 0.0714. The number of nitrogens with one attached hydrogen (secondary N) is 1. The molecule has 2 aromatic heterocycles. The summed E-state index contributed by atoms with van der Waals surface area (Å²) < 4.78 is 1.70. The zero-order valence-electron chi connectivity index (χ0n) is 11.1. The maximum absolute atomic E-state index is 11.6. The van der Waals surface area contributed by atoms with Gasteiger partial charge in [-0.25, -0.2) is 4.52 Å². The molecule has 0 unspecified atom stereocenters. The van der Waals surface area contributed by atoms with Crippen LogP contribution in [0.25, 0.3) is 16.2 Å². The quantitative estimate of drug-likeness (QED) is 0.750. The Kier molecular flexibility index (Phi) is 3.48. The van der Waals surface area contributed by atoms with Gasteiger partial charge in [-0.05, 0) is 19.1 Å². The largest absolute Gasteiger partial charge is 0.289 e. The Morgan fingerprint density at radius 2 is 2.10 bits per heavy atom. The second-order valence-electron chi connectivity index (χ2n) is 4.49. The summed E-state index contributed by atoms with van der Waals surface area (Å²) >= 11 is 7.35. The molecular weight excluding hydrogens is 308 g/mol. The third kappa shape index (κ3) is 2.68. The summed E-state index contributed by atoms with van der Waals surface area (Å²) in [5.74, 6) is -0.0219. The van der Waals surface area contributed by atoms with Gasteiger partial charge in [0.25, 0.3) is 11.9 Å². The van der Waals surface area contributed by atoms with E-state index in [1.54, 1.807) is 11.4 Å². The van der Waals surface area contributed by atoms with E-state index in [0.29, 0.717) is 15.6 Å². The number of hydrogen-bond acceptors (Lipinski definition) is 4. The van der Waals surface area contributed by atoms with Crippen molar-refractivity contribution in [1.82, 2.24) is 14.6 Å². The average molecular weight is 319 g/mol. The van der Waals surface area contributed by atoms with Gasteiger partial charge in [0.15, 0.2) is 0 Å². The lowest BCUT2D eigenvalue weighted by Gasteiger charge is -1.99. The summed E-state index contributed by atoms with van der Waals surface area (Å²) in [7, 11) is 0. The summed E-state index contributed by atoms with van der Waals surface area (Å²) in [4.78, 5) is 16.6. The summed E-state index contributed by atoms with van der Waals surface area (Å²) in [5.41, 5.74) is 2.29. The highest BCUT2D eigenvalue weighted by Gasteiger charge is 2.13. The van der Waals surface area contributed by atoms with Crippen LogP contribution in [0.15, 0.2) is 41.8 Å². The summed E-state index contributed by atoms with van der Waals surface area (Å²) in [6.45, 7) is 5.21. The highest BCUT2D eigenvalue weighted by molar-refractivity contribution is 7.15. The monoisotopic (exact) mass is 318 g/mol. The first-order chi connectivity index (χ1) is 10.0. The smallest absolute Gasteiger partial charge is 0.253 e. The summed E-state index contributed by atoms with van der Waals surface area (Å²) in [5, 5.41) is 9.55. The number of nitrogens with zero attached hydrogens (tertiary/aromatic N) is 3. The van der Waals surface area contributed by atoms with E-state index in [2.05, 4.69) is 22.0 Å². The van der Waals surface area contributed by atoms with Crippen LogP contribution in [0.3, 0.4) is 0 Å². The molecule has 106 valence electrons. The van der Waals surface area contributed by atoms with Gasteiger partial charge in [0.1, 0.15) is 0 Å². The van der Waals surface area contributed by atoms with Gasteiger partial charge in [-0.3, -0.25) is 10.1 Å². The van der Waals surface area contributed by atoms with Crippen LogP contribution < -0.4 is 5.32 Å². The van der Waals surface area contributed by atoms with Gasteiger partial charge in [-0.2, -0.15) is 4.98 Å². The fourth-order valence-corrected chi connectivity index (χ4v) is 2.72. The molecule has 0 aliphatic rings. The van der Waals surface area contributed by atoms with Crippen molar-refractivity contribution in [3.8, 4) is 11.3 Å². The Morgan fingerprint density at radius 3 is 2.76 bits per heavy atom. The van der Waals surface area contributed by atoms with Crippen molar-refractivity contribution in [2.45, 2.75) is 6.92 Å². The van der Waals surface area contributed by atoms with Crippen LogP contribution in [0, 0.1) is 0 Å². The van der Waals surface area contributed by atoms with E-state index in [-0.39, 0.29) is 11.9 Å². The van der Waals surface area contributed by atoms with Gasteiger partial charge in [0, 0.05) is 21.5 Å². The van der Waals surface area contributed by atoms with Crippen LogP contribution in [-0.2, 0) is 4.79 Å². The first-order valence-corrected chi connectivity index (χ1v) is 7.37. The van der Waals surface area contributed by atoms with E-state index in [1.165, 1.54) is 11.3 Å². The zero-order chi connectivity index (χ0) is 15.0. The van der Waals surface area contributed by atoms with Crippen LogP contribution in [0.5, 0.6) is 0 Å². The number of anilines is 1. The molecule has 0 aliphatic carbocycles. The molecule has 1 N–H and O–H groups in total. The van der Waals surface area contributed by atoms with E-state index in [0.717, 1.165) is 11.3 Å². The molecule has 5 nitrogen and oxygen atoms in total. The van der Waals surface area contributed by atoms with Crippen LogP contribution in [0.4, 0.5) is 5.95 Å². The van der Waals surface area contributed by atoms with Crippen molar-refractivity contribution in [3.63, 3.8) is 0 Å². The molecule has 1 aromatic carbocycles. The molecule has 0 atom stereocenters. The molecule has 2 heterocycles. The lowest BCUT2D eigenvalue weighted by atomic mass is 10.2. The maximum atomic E-state index is 11.6. The Morgan fingerprint density at radius 1 is 1.38 bits per heavy atom. The van der Waals surface area contributed by atoms with E-state index in [4.69, 9.17) is 11.6 Å². The first-order valence-electron chi connectivity index (χ1n) is 6.11. The van der Waals surface area contributed by atoms with Crippen molar-refractivity contribution in [2.75, 3.05) is 5.32 Å². The number of amides is 1. The number of carbonyl (C=O) groups excluding carboxylic acids is 1. The number of rotatable bonds is 3. The van der Waals surface area contributed by atoms with Crippen molar-refractivity contribution in [1.29, 1.82) is 0 Å². The molecule has 1 amide bonds. The molecule has 3 rings (SSSR count). The third-order valence-electron chi connectivity index (χ3n) is 2.83. The summed E-state index contributed by atoms with van der Waals surface area (Å²) in [6.07, 6.45) is 0. The predicted molar refractivity (Wildman–Crippen MR) is 84.8 cm³/mol. The summed E-state index contributed by atoms with van der Waals surface area (Å²) in [6, 6.07) is 7.47. The molecule has 0 aliphatic heterocycles. The Bertz CT molecular complexity index is 834. The van der Waals surface area contributed by atoms with Crippen LogP contribution in [0.1, 0.15) is 6.92 Å². The number of fused-ring (bicyclic) bond motifs is 1. The third-order valence-corrected chi connectivity index (χ3v) is 3.90. The van der Waals surface area contributed by atoms with Gasteiger partial charge in [0.2, 0.25) is 4.96 Å². The first kappa shape index (κ1) is 13.8. The Hall–Kier alpha value is -2.18. The van der Waals surface area contributed by atoms with Crippen LogP contribution in [-0.4, -0.2) is 20.5 Å². The normalized spacial score (nSPS) is 10.8. The van der Waals surface area contributed by atoms with Gasteiger partial charge < -0.3 is 0 Å². The van der Waals surface area contributed by atoms with Gasteiger partial charge in [0.05, 0.1) is 5.69 Å². The molecule has 0 radical (unpaired) electrons. The van der Waals surface area contributed by atoms with E-state index in [9.17, 15) is 4.79 Å². The van der Waals surface area contributed by atoms with Gasteiger partial charge in [-0.1, -0.05) is 30.3 Å². The molecule has 0 bridgehead atoms. The minimum Gasteiger partial charge on any atom is -0.289 e. The lowest BCUT2D eigenvalue weighted by Crippen LogP contribution is -2.13. The minimum absolute atomic E-state index is 0.269. The van der Waals surface area contributed by atoms with Crippen molar-refractivity contribution < 1.29 is 4.79 Å². The predicted octanol–water partition coefficient (Wildman–Crippen LogP) is 3.63. The maximum Gasteiger partial charge on any atom is 0.253 e. The van der Waals surface area contributed by atoms with E-state index in [1.807, 2.05) is 29.6 Å². The fourth-order valence-electron chi connectivity index (χ4n) is 1.76. The van der Waals surface area contributed by atoms with Crippen molar-refractivity contribution >= 4 is 39.8 Å². The van der Waals surface area contributed by atoms with E-state index < -0.39 is 0 Å². The van der Waals surface area contributed by atoms with Gasteiger partial charge in [-0.15, -0.1) is 16.4 Å². The van der Waals surface area contributed by atoms with Crippen LogP contribution in [0.2, 0.25) is 5.02 Å². The number of carbonyl (C=O) groups is 1. The second kappa shape index (κ2) is 5.31. The van der Waals surface area contributed by atoms with Crippen molar-refractivity contribution in [3.05, 3.63) is 46.8 Å². The molecule has 0 saturated heterocycles. The topological polar surface area (TPSA) is 59.3 Å². The number of benzene rings is 1. The SMILES string of the molecule is C=C(C)C(=O)Nc1nc2scc(-c3ccc(Cl)cc3)n2n1. The van der Waals surface area contributed by atoms with Gasteiger partial charge >= 0.3 is 0 Å². The highest BCUT2D eigenvalue weighted by Crippen LogP contribution is 2.26. The number of aromatic nitrogens is 3. The van der Waals surface area contributed by atoms with Crippen molar-refractivity contribution in [2.24, 2.45) is 0 Å². The number of hydrogen-bond donors (Lipinski definition) is 1. The van der Waals surface area contributed by atoms with E-state index >= 15 is 0 Å². The Balaban J connectivity index is 1.98. The molecular formula is C14H11ClN4OS. The number of halogens is 1. The van der Waals surface area contributed by atoms with Crippen LogP contribution >= 0.6 is 22.9 Å². The molecule has 0 fully saturated rings. The molecule has 7 heteroatoms. The lowest BCUT2D eigenvalue weighted by molar-refractivity contribution is -0.112. The Labute approximate surface area is 129 Å². The minimum atomic E-state index is -0.290. The molecule has 0 saturated carbocycles. The molecule has 3 aromatic rings. The number of thiazole rings is 1. The standard InChI is InChI=1S/C14H11ClN4OS/c1-8(2)12(20)16-13-17-14-19(18-13)11(7-21-14)9-3-5-10(15)6-4-9/h3-7H,1H2,2H3,(H,16,18,20). The molecule has 0 spiro atoms. The average Bonchev–Trinajstić information content (AvgIpc) is 2.99. The second-order valence-corrected chi connectivity index (χ2v) is 5.77. The highest BCUT2D eigenvalue weighted by atomic mass is 35.5. The molecule has 21 heavy (non-hydrogen) atoms.